The minimum absolute atomic E-state index is 0.0629. The highest BCUT2D eigenvalue weighted by Crippen LogP contribution is 2.73. The van der Waals surface area contributed by atoms with Gasteiger partial charge in [-0.25, -0.2) is 4.98 Å². The number of halogens is 3. The maximum atomic E-state index is 13.9. The Balaban J connectivity index is 1.11. The lowest BCUT2D eigenvalue weighted by Gasteiger charge is -2.70. The fraction of sp³-hybridized carbons (Fsp3) is 0.483. The summed E-state index contributed by atoms with van der Waals surface area (Å²) in [6.07, 6.45) is -3.72. The lowest BCUT2D eigenvalue weighted by molar-refractivity contribution is -0.336. The van der Waals surface area contributed by atoms with Crippen LogP contribution in [-0.2, 0) is 4.74 Å². The number of thiazole rings is 1. The minimum Gasteiger partial charge on any atom is -0.496 e. The lowest BCUT2D eigenvalue weighted by atomic mass is 9.39. The average molecular weight is 617 g/mol. The Labute approximate surface area is 247 Å². The van der Waals surface area contributed by atoms with Gasteiger partial charge in [-0.2, -0.15) is 13.2 Å². The van der Waals surface area contributed by atoms with E-state index in [0.717, 1.165) is 11.6 Å². The van der Waals surface area contributed by atoms with E-state index in [0.29, 0.717) is 40.7 Å². The summed E-state index contributed by atoms with van der Waals surface area (Å²) in [6.45, 7) is 1.83. The number of nitrogens with one attached hydrogen (secondary N) is 2. The number of morpholine rings is 1. The number of ether oxygens (including phenoxy) is 4. The topological polar surface area (TPSA) is 111 Å². The van der Waals surface area contributed by atoms with Gasteiger partial charge in [0, 0.05) is 11.6 Å². The fourth-order valence-electron chi connectivity index (χ4n) is 7.20. The van der Waals surface area contributed by atoms with E-state index in [-0.39, 0.29) is 61.4 Å². The predicted octanol–water partition coefficient (Wildman–Crippen LogP) is 4.52. The first-order valence-electron chi connectivity index (χ1n) is 14.1. The van der Waals surface area contributed by atoms with Crippen molar-refractivity contribution in [2.45, 2.75) is 49.5 Å². The fourth-order valence-corrected chi connectivity index (χ4v) is 8.45. The van der Waals surface area contributed by atoms with Crippen LogP contribution in [0.1, 0.15) is 46.4 Å². The highest BCUT2D eigenvalue weighted by atomic mass is 32.1. The number of rotatable bonds is 6. The van der Waals surface area contributed by atoms with Crippen molar-refractivity contribution in [3.63, 3.8) is 0 Å². The normalized spacial score (nSPS) is 28.3. The number of hydrogen-bond donors (Lipinski definition) is 2. The SMILES string of the molecule is COc1ccc2nc(N3C4COCC3C4)sc2c1C(=O)Nc1cc2c(cc1C(=O)NC13CC(C(F)(F)F)(C1)C3)OCCO2. The van der Waals surface area contributed by atoms with E-state index in [2.05, 4.69) is 15.5 Å². The van der Waals surface area contributed by atoms with Crippen molar-refractivity contribution >= 4 is 44.2 Å². The molecular weight excluding hydrogens is 589 g/mol. The number of benzene rings is 2. The third-order valence-electron chi connectivity index (χ3n) is 9.31. The van der Waals surface area contributed by atoms with Gasteiger partial charge in [-0.3, -0.25) is 9.59 Å². The van der Waals surface area contributed by atoms with Crippen LogP contribution in [0, 0.1) is 5.41 Å². The van der Waals surface area contributed by atoms with E-state index in [9.17, 15) is 22.8 Å². The summed E-state index contributed by atoms with van der Waals surface area (Å²) in [4.78, 5) is 34.5. The molecule has 4 bridgehead atoms. The number of amides is 2. The number of carbonyl (C=O) groups is 2. The Morgan fingerprint density at radius 2 is 1.77 bits per heavy atom. The van der Waals surface area contributed by atoms with Gasteiger partial charge in [0.25, 0.3) is 11.8 Å². The molecule has 2 aromatic carbocycles. The van der Waals surface area contributed by atoms with Crippen molar-refractivity contribution in [2.75, 3.05) is 43.8 Å². The van der Waals surface area contributed by atoms with E-state index >= 15 is 0 Å². The first-order chi connectivity index (χ1) is 20.6. The van der Waals surface area contributed by atoms with Crippen molar-refractivity contribution < 1.29 is 41.7 Å². The quantitative estimate of drug-likeness (QED) is 0.416. The minimum atomic E-state index is -4.30. The molecule has 3 aliphatic heterocycles. The zero-order valence-corrected chi connectivity index (χ0v) is 23.8. The lowest BCUT2D eigenvalue weighted by Crippen LogP contribution is -2.78. The molecular formula is C29H27F3N4O6S. The Bertz CT molecular complexity index is 1660. The molecule has 2 unspecified atom stereocenters. The van der Waals surface area contributed by atoms with Gasteiger partial charge >= 0.3 is 6.18 Å². The molecule has 0 spiro atoms. The smallest absolute Gasteiger partial charge is 0.394 e. The summed E-state index contributed by atoms with van der Waals surface area (Å²) in [5.41, 5.74) is -1.52. The summed E-state index contributed by atoms with van der Waals surface area (Å²) in [6, 6.07) is 6.95. The monoisotopic (exact) mass is 616 g/mol. The molecule has 2 atom stereocenters. The molecule has 6 aliphatic rings. The average Bonchev–Trinajstić information content (AvgIpc) is 3.35. The predicted molar refractivity (Wildman–Crippen MR) is 150 cm³/mol. The van der Waals surface area contributed by atoms with E-state index in [4.69, 9.17) is 23.9 Å². The van der Waals surface area contributed by atoms with E-state index in [1.165, 1.54) is 30.6 Å². The number of hydrogen-bond acceptors (Lipinski definition) is 9. The maximum Gasteiger partial charge on any atom is 0.394 e. The highest BCUT2D eigenvalue weighted by Gasteiger charge is 2.79. The maximum absolute atomic E-state index is 13.9. The number of alkyl halides is 3. The molecule has 3 aromatic rings. The van der Waals surface area contributed by atoms with Crippen LogP contribution in [-0.4, -0.2) is 74.1 Å². The number of nitrogens with zero attached hydrogens (tertiary/aromatic N) is 2. The Morgan fingerprint density at radius 3 is 2.42 bits per heavy atom. The molecule has 2 saturated heterocycles. The van der Waals surface area contributed by atoms with Crippen molar-refractivity contribution in [3.8, 4) is 17.2 Å². The Kier molecular flexibility index (Phi) is 5.68. The Hall–Kier alpha value is -3.78. The van der Waals surface area contributed by atoms with Crippen LogP contribution in [0.2, 0.25) is 0 Å². The molecule has 2 amide bonds. The summed E-state index contributed by atoms with van der Waals surface area (Å²) in [5.74, 6) is -0.134. The van der Waals surface area contributed by atoms with Gasteiger partial charge in [-0.05, 0) is 43.9 Å². The van der Waals surface area contributed by atoms with E-state index in [1.807, 2.05) is 0 Å². The van der Waals surface area contributed by atoms with E-state index in [1.54, 1.807) is 12.1 Å². The molecule has 9 rings (SSSR count). The second-order valence-corrected chi connectivity index (χ2v) is 13.0. The van der Waals surface area contributed by atoms with E-state index < -0.39 is 28.9 Å². The van der Waals surface area contributed by atoms with Crippen molar-refractivity contribution in [3.05, 3.63) is 35.4 Å². The zero-order valence-electron chi connectivity index (χ0n) is 23.0. The Morgan fingerprint density at radius 1 is 1.07 bits per heavy atom. The summed E-state index contributed by atoms with van der Waals surface area (Å²) < 4.78 is 63.4. The third-order valence-corrected chi connectivity index (χ3v) is 10.4. The molecule has 5 fully saturated rings. The second-order valence-electron chi connectivity index (χ2n) is 12.0. The highest BCUT2D eigenvalue weighted by molar-refractivity contribution is 7.22. The van der Waals surface area contributed by atoms with Crippen LogP contribution >= 0.6 is 11.3 Å². The van der Waals surface area contributed by atoms with Crippen LogP contribution in [0.5, 0.6) is 17.2 Å². The molecule has 3 saturated carbocycles. The number of methoxy groups -OCH3 is 1. The van der Waals surface area contributed by atoms with Gasteiger partial charge < -0.3 is 34.5 Å². The van der Waals surface area contributed by atoms with Gasteiger partial charge in [0.2, 0.25) is 0 Å². The summed E-state index contributed by atoms with van der Waals surface area (Å²) in [7, 11) is 1.47. The molecule has 14 heteroatoms. The first-order valence-corrected chi connectivity index (χ1v) is 14.9. The van der Waals surface area contributed by atoms with Crippen molar-refractivity contribution in [2.24, 2.45) is 5.41 Å². The number of anilines is 2. The first kappa shape index (κ1) is 26.8. The van der Waals surface area contributed by atoms with Crippen LogP contribution in [0.25, 0.3) is 10.2 Å². The standard InChI is InChI=1S/C29H27F3N4O6S/c1-39-19-3-2-17-23(43-26(34-17)36-14-6-15(36)10-40-9-14)22(19)25(38)33-18-8-21-20(41-4-5-42-21)7-16(18)24(37)35-28-11-27(12-28,13-28)29(30,31)32/h2-3,7-8,14-15H,4-6,9-13H2,1H3,(H,33,38)(H,35,37). The molecule has 1 aromatic heterocycles. The molecule has 2 N–H and O–H groups in total. The van der Waals surface area contributed by atoms with Crippen LogP contribution in [0.3, 0.4) is 0 Å². The van der Waals surface area contributed by atoms with Gasteiger partial charge in [-0.1, -0.05) is 11.3 Å². The summed E-state index contributed by atoms with van der Waals surface area (Å²) in [5, 5.41) is 6.45. The van der Waals surface area contributed by atoms with Gasteiger partial charge in [0.15, 0.2) is 16.6 Å². The largest absolute Gasteiger partial charge is 0.496 e. The van der Waals surface area contributed by atoms with Crippen LogP contribution < -0.4 is 29.7 Å². The molecule has 10 nitrogen and oxygen atoms in total. The van der Waals surface area contributed by atoms with Crippen LogP contribution in [0.4, 0.5) is 24.0 Å². The van der Waals surface area contributed by atoms with Crippen molar-refractivity contribution in [1.82, 2.24) is 10.3 Å². The molecule has 0 radical (unpaired) electrons. The molecule has 3 aliphatic carbocycles. The van der Waals surface area contributed by atoms with Gasteiger partial charge in [-0.15, -0.1) is 0 Å². The van der Waals surface area contributed by atoms with Gasteiger partial charge in [0.05, 0.1) is 59.3 Å². The summed E-state index contributed by atoms with van der Waals surface area (Å²) >= 11 is 1.39. The molecule has 43 heavy (non-hydrogen) atoms. The number of carbonyl (C=O) groups excluding carboxylic acids is 2. The van der Waals surface area contributed by atoms with Crippen LogP contribution in [0.15, 0.2) is 24.3 Å². The number of aromatic nitrogens is 1. The zero-order chi connectivity index (χ0) is 29.7. The third kappa shape index (κ3) is 3.98. The number of fused-ring (bicyclic) bond motifs is 4. The second kappa shape index (κ2) is 9.11. The van der Waals surface area contributed by atoms with Crippen molar-refractivity contribution in [1.29, 1.82) is 0 Å². The molecule has 4 heterocycles. The van der Waals surface area contributed by atoms with Gasteiger partial charge in [0.1, 0.15) is 24.5 Å². The molecule has 226 valence electrons.